The van der Waals surface area contributed by atoms with Crippen LogP contribution in [0.15, 0.2) is 54.6 Å². The number of rotatable bonds is 8. The number of nitrogens with zero attached hydrogens (tertiary/aromatic N) is 2. The Balaban J connectivity index is 2.01. The molecule has 142 valence electrons. The van der Waals surface area contributed by atoms with Crippen molar-refractivity contribution in [3.8, 4) is 17.0 Å². The van der Waals surface area contributed by atoms with Gasteiger partial charge in [0.25, 0.3) is 0 Å². The number of benzene rings is 2. The zero-order valence-electron chi connectivity index (χ0n) is 16.3. The molecule has 1 unspecified atom stereocenters. The van der Waals surface area contributed by atoms with Crippen molar-refractivity contribution in [2.75, 3.05) is 24.7 Å². The van der Waals surface area contributed by atoms with Crippen LogP contribution in [0.3, 0.4) is 0 Å². The van der Waals surface area contributed by atoms with Crippen LogP contribution < -0.4 is 9.64 Å². The highest BCUT2D eigenvalue weighted by atomic mass is 19.1. The molecule has 4 heteroatoms. The first kappa shape index (κ1) is 19.2. The minimum atomic E-state index is -0.499. The molecule has 0 N–H and O–H groups in total. The summed E-state index contributed by atoms with van der Waals surface area (Å²) in [5.41, 5.74) is 3.91. The van der Waals surface area contributed by atoms with E-state index in [1.165, 1.54) is 5.69 Å². The molecular weight excluding hydrogens is 339 g/mol. The van der Waals surface area contributed by atoms with Crippen LogP contribution in [-0.4, -0.2) is 30.9 Å². The lowest BCUT2D eigenvalue weighted by Crippen LogP contribution is -2.21. The molecule has 1 atom stereocenters. The Bertz CT molecular complexity index is 871. The number of aromatic nitrogens is 1. The average Bonchev–Trinajstić information content (AvgIpc) is 2.73. The summed E-state index contributed by atoms with van der Waals surface area (Å²) in [6.07, 6.45) is 0.190. The van der Waals surface area contributed by atoms with Gasteiger partial charge in [-0.25, -0.2) is 9.37 Å². The van der Waals surface area contributed by atoms with Crippen molar-refractivity contribution in [1.29, 1.82) is 0 Å². The van der Waals surface area contributed by atoms with Gasteiger partial charge in [0, 0.05) is 35.8 Å². The Morgan fingerprint density at radius 1 is 1.00 bits per heavy atom. The number of hydrogen-bond acceptors (Lipinski definition) is 3. The van der Waals surface area contributed by atoms with E-state index in [2.05, 4.69) is 43.0 Å². The zero-order valence-corrected chi connectivity index (χ0v) is 16.3. The van der Waals surface area contributed by atoms with Gasteiger partial charge < -0.3 is 9.64 Å². The summed E-state index contributed by atoms with van der Waals surface area (Å²) >= 11 is 0. The number of alkyl halides is 1. The molecule has 0 aliphatic carbocycles. The summed E-state index contributed by atoms with van der Waals surface area (Å²) in [6.45, 7) is 7.69. The number of para-hydroxylation sites is 1. The van der Waals surface area contributed by atoms with Crippen molar-refractivity contribution in [3.63, 3.8) is 0 Å². The zero-order chi connectivity index (χ0) is 19.2. The lowest BCUT2D eigenvalue weighted by Gasteiger charge is -2.21. The van der Waals surface area contributed by atoms with Crippen LogP contribution in [0.25, 0.3) is 22.2 Å². The Morgan fingerprint density at radius 2 is 1.70 bits per heavy atom. The second kappa shape index (κ2) is 8.85. The van der Waals surface area contributed by atoms with Crippen LogP contribution in [0.2, 0.25) is 0 Å². The third kappa shape index (κ3) is 4.21. The highest BCUT2D eigenvalue weighted by Gasteiger charge is 2.13. The number of halogens is 1. The molecule has 3 nitrogen and oxygen atoms in total. The summed E-state index contributed by atoms with van der Waals surface area (Å²) in [6, 6.07) is 18.2. The summed E-state index contributed by atoms with van der Waals surface area (Å²) in [5, 5.41) is 0.910. The van der Waals surface area contributed by atoms with E-state index < -0.39 is 12.8 Å². The minimum absolute atomic E-state index is 0.436. The van der Waals surface area contributed by atoms with Crippen LogP contribution in [-0.2, 0) is 0 Å². The fraction of sp³-hybridized carbons (Fsp3) is 0.348. The van der Waals surface area contributed by atoms with E-state index >= 15 is 0 Å². The maximum atomic E-state index is 13.2. The quantitative estimate of drug-likeness (QED) is 0.498. The van der Waals surface area contributed by atoms with Gasteiger partial charge in [0.15, 0.2) is 0 Å². The van der Waals surface area contributed by atoms with Gasteiger partial charge in [-0.2, -0.15) is 0 Å². The molecule has 1 aromatic heterocycles. The van der Waals surface area contributed by atoms with Crippen molar-refractivity contribution < 1.29 is 9.13 Å². The molecule has 0 aliphatic heterocycles. The van der Waals surface area contributed by atoms with E-state index in [0.717, 1.165) is 35.2 Å². The van der Waals surface area contributed by atoms with Crippen molar-refractivity contribution >= 4 is 16.6 Å². The Kier molecular flexibility index (Phi) is 6.28. The molecule has 0 fully saturated rings. The first-order chi connectivity index (χ1) is 13.2. The standard InChI is InChI=1S/C23H27FN2O/c1-4-19(16-24)27-23-15-22(25-21-10-8-7-9-20(21)23)17-11-13-18(14-12-17)26(5-2)6-3/h7-15,19H,4-6,16H2,1-3H3. The predicted octanol–water partition coefficient (Wildman–Crippen LogP) is 5.87. The number of anilines is 1. The molecule has 2 aromatic carbocycles. The third-order valence-corrected chi connectivity index (χ3v) is 4.89. The Labute approximate surface area is 160 Å². The van der Waals surface area contributed by atoms with E-state index in [0.29, 0.717) is 12.2 Å². The summed E-state index contributed by atoms with van der Waals surface area (Å²) in [4.78, 5) is 7.10. The molecule has 3 rings (SSSR count). The summed E-state index contributed by atoms with van der Waals surface area (Å²) < 4.78 is 19.2. The Hall–Kier alpha value is -2.62. The number of fused-ring (bicyclic) bond motifs is 1. The maximum Gasteiger partial charge on any atom is 0.131 e. The highest BCUT2D eigenvalue weighted by Crippen LogP contribution is 2.31. The van der Waals surface area contributed by atoms with Crippen LogP contribution in [0.1, 0.15) is 27.2 Å². The lowest BCUT2D eigenvalue weighted by atomic mass is 10.1. The maximum absolute atomic E-state index is 13.2. The predicted molar refractivity (Wildman–Crippen MR) is 111 cm³/mol. The van der Waals surface area contributed by atoms with Crippen molar-refractivity contribution in [1.82, 2.24) is 4.98 Å². The molecule has 0 spiro atoms. The van der Waals surface area contributed by atoms with Crippen molar-refractivity contribution in [3.05, 3.63) is 54.6 Å². The van der Waals surface area contributed by atoms with Gasteiger partial charge in [-0.15, -0.1) is 0 Å². The average molecular weight is 366 g/mol. The Morgan fingerprint density at radius 3 is 2.33 bits per heavy atom. The van der Waals surface area contributed by atoms with Gasteiger partial charge in [-0.05, 0) is 44.5 Å². The normalized spacial score (nSPS) is 12.1. The fourth-order valence-corrected chi connectivity index (χ4v) is 3.22. The highest BCUT2D eigenvalue weighted by molar-refractivity contribution is 5.88. The molecule has 0 saturated carbocycles. The van der Waals surface area contributed by atoms with Gasteiger partial charge in [0.2, 0.25) is 0 Å². The molecule has 0 saturated heterocycles. The van der Waals surface area contributed by atoms with Crippen molar-refractivity contribution in [2.24, 2.45) is 0 Å². The molecule has 0 aliphatic rings. The molecule has 1 heterocycles. The molecule has 0 bridgehead atoms. The van der Waals surface area contributed by atoms with E-state index in [4.69, 9.17) is 9.72 Å². The summed E-state index contributed by atoms with van der Waals surface area (Å²) in [5.74, 6) is 0.688. The van der Waals surface area contributed by atoms with Crippen LogP contribution in [0.5, 0.6) is 5.75 Å². The SMILES string of the molecule is CCC(CF)Oc1cc(-c2ccc(N(CC)CC)cc2)nc2ccccc12. The van der Waals surface area contributed by atoms with Gasteiger partial charge in [-0.1, -0.05) is 31.2 Å². The van der Waals surface area contributed by atoms with Gasteiger partial charge in [0.1, 0.15) is 18.5 Å². The number of hydrogen-bond donors (Lipinski definition) is 0. The van der Waals surface area contributed by atoms with Gasteiger partial charge in [0.05, 0.1) is 11.2 Å². The van der Waals surface area contributed by atoms with Crippen LogP contribution in [0, 0.1) is 0 Å². The molecule has 3 aromatic rings. The van der Waals surface area contributed by atoms with Crippen molar-refractivity contribution in [2.45, 2.75) is 33.3 Å². The van der Waals surface area contributed by atoms with Gasteiger partial charge in [-0.3, -0.25) is 0 Å². The second-order valence-electron chi connectivity index (χ2n) is 6.54. The summed E-state index contributed by atoms with van der Waals surface area (Å²) in [7, 11) is 0. The molecule has 0 amide bonds. The third-order valence-electron chi connectivity index (χ3n) is 4.89. The molecular formula is C23H27FN2O. The largest absolute Gasteiger partial charge is 0.487 e. The minimum Gasteiger partial charge on any atom is -0.487 e. The molecule has 0 radical (unpaired) electrons. The van der Waals surface area contributed by atoms with Crippen LogP contribution in [0.4, 0.5) is 10.1 Å². The van der Waals surface area contributed by atoms with E-state index in [1.807, 2.05) is 37.3 Å². The van der Waals surface area contributed by atoms with Crippen LogP contribution >= 0.6 is 0 Å². The van der Waals surface area contributed by atoms with E-state index in [1.54, 1.807) is 0 Å². The topological polar surface area (TPSA) is 25.4 Å². The van der Waals surface area contributed by atoms with E-state index in [9.17, 15) is 4.39 Å². The van der Waals surface area contributed by atoms with Gasteiger partial charge >= 0.3 is 0 Å². The second-order valence-corrected chi connectivity index (χ2v) is 6.54. The number of pyridine rings is 1. The first-order valence-corrected chi connectivity index (χ1v) is 9.67. The monoisotopic (exact) mass is 366 g/mol. The van der Waals surface area contributed by atoms with E-state index in [-0.39, 0.29) is 0 Å². The first-order valence-electron chi connectivity index (χ1n) is 9.67. The lowest BCUT2D eigenvalue weighted by molar-refractivity contribution is 0.162. The fourth-order valence-electron chi connectivity index (χ4n) is 3.22. The number of ether oxygens (including phenoxy) is 1. The molecule has 27 heavy (non-hydrogen) atoms. The smallest absolute Gasteiger partial charge is 0.131 e.